The van der Waals surface area contributed by atoms with E-state index in [1.165, 1.54) is 19.5 Å². The van der Waals surface area contributed by atoms with Crippen LogP contribution in [0.15, 0.2) is 24.5 Å². The molecule has 0 radical (unpaired) electrons. The Bertz CT molecular complexity index is 638. The number of aromatic nitrogens is 2. The van der Waals surface area contributed by atoms with Crippen molar-refractivity contribution in [1.29, 1.82) is 0 Å². The van der Waals surface area contributed by atoms with Crippen LogP contribution in [0.25, 0.3) is 11.0 Å². The summed E-state index contributed by atoms with van der Waals surface area (Å²) in [7, 11) is 0. The summed E-state index contributed by atoms with van der Waals surface area (Å²) in [6.45, 7) is 3.40. The minimum Gasteiger partial charge on any atom is -0.348 e. The smallest absolute Gasteiger partial charge is 0.251 e. The lowest BCUT2D eigenvalue weighted by Gasteiger charge is -2.30. The van der Waals surface area contributed by atoms with Gasteiger partial charge in [-0.2, -0.15) is 0 Å². The molecule has 104 valence electrons. The third-order valence-electron chi connectivity index (χ3n) is 4.49. The first kappa shape index (κ1) is 11.9. The first-order chi connectivity index (χ1) is 9.78. The van der Waals surface area contributed by atoms with E-state index < -0.39 is 0 Å². The average Bonchev–Trinajstić information content (AvgIpc) is 3.04. The van der Waals surface area contributed by atoms with Crippen LogP contribution >= 0.6 is 0 Å². The van der Waals surface area contributed by atoms with E-state index in [9.17, 15) is 4.79 Å². The Labute approximate surface area is 117 Å². The van der Waals surface area contributed by atoms with Gasteiger partial charge in [0.15, 0.2) is 0 Å². The molecule has 2 fully saturated rings. The number of nitrogens with one attached hydrogen (secondary N) is 2. The number of nitrogens with zero attached hydrogens (tertiary/aromatic N) is 2. The van der Waals surface area contributed by atoms with Gasteiger partial charge in [0.2, 0.25) is 0 Å². The Balaban J connectivity index is 1.49. The van der Waals surface area contributed by atoms with E-state index in [4.69, 9.17) is 0 Å². The van der Waals surface area contributed by atoms with Crippen molar-refractivity contribution >= 4 is 16.9 Å². The van der Waals surface area contributed by atoms with E-state index in [0.29, 0.717) is 11.6 Å². The molecule has 1 aromatic heterocycles. The number of imidazole rings is 1. The molecule has 2 N–H and O–H groups in total. The fourth-order valence-electron chi connectivity index (χ4n) is 3.51. The number of piperidine rings is 1. The maximum absolute atomic E-state index is 12.3. The van der Waals surface area contributed by atoms with Crippen LogP contribution in [-0.4, -0.2) is 46.5 Å². The number of rotatable bonds is 2. The molecule has 2 saturated heterocycles. The standard InChI is InChI=1S/C15H18N4O/c20-15(11-1-2-13-14(6-11)17-9-16-13)18-12-5-10-3-4-19(7-10)8-12/h1-2,6,9-10,12H,3-5,7-8H2,(H,16,17)(H,18,20)/t10-,12+/m0/s1. The molecular formula is C15H18N4O. The summed E-state index contributed by atoms with van der Waals surface area (Å²) in [5.74, 6) is 0.783. The number of carbonyl (C=O) groups is 1. The molecule has 2 bridgehead atoms. The van der Waals surface area contributed by atoms with Gasteiger partial charge in [-0.05, 0) is 43.5 Å². The van der Waals surface area contributed by atoms with Crippen molar-refractivity contribution in [3.8, 4) is 0 Å². The molecule has 2 aliphatic rings. The zero-order chi connectivity index (χ0) is 13.5. The lowest BCUT2D eigenvalue weighted by atomic mass is 9.96. The van der Waals surface area contributed by atoms with E-state index >= 15 is 0 Å². The highest BCUT2D eigenvalue weighted by atomic mass is 16.1. The molecule has 20 heavy (non-hydrogen) atoms. The Kier molecular flexibility index (Phi) is 2.73. The normalized spacial score (nSPS) is 28.7. The number of aromatic amines is 1. The Morgan fingerprint density at radius 3 is 3.25 bits per heavy atom. The van der Waals surface area contributed by atoms with Crippen LogP contribution in [0.3, 0.4) is 0 Å². The molecule has 5 heteroatoms. The number of benzene rings is 1. The zero-order valence-corrected chi connectivity index (χ0v) is 11.3. The largest absolute Gasteiger partial charge is 0.348 e. The van der Waals surface area contributed by atoms with Crippen LogP contribution in [0.4, 0.5) is 0 Å². The average molecular weight is 270 g/mol. The molecule has 2 aromatic rings. The Morgan fingerprint density at radius 2 is 2.35 bits per heavy atom. The summed E-state index contributed by atoms with van der Waals surface area (Å²) < 4.78 is 0. The van der Waals surface area contributed by atoms with E-state index in [-0.39, 0.29) is 5.91 Å². The lowest BCUT2D eigenvalue weighted by Crippen LogP contribution is -2.47. The Morgan fingerprint density at radius 1 is 1.40 bits per heavy atom. The van der Waals surface area contributed by atoms with Gasteiger partial charge >= 0.3 is 0 Å². The molecule has 0 spiro atoms. The van der Waals surface area contributed by atoms with Gasteiger partial charge in [0.1, 0.15) is 0 Å². The van der Waals surface area contributed by atoms with Crippen LogP contribution in [0.5, 0.6) is 0 Å². The highest BCUT2D eigenvalue weighted by Crippen LogP contribution is 2.26. The highest BCUT2D eigenvalue weighted by Gasteiger charge is 2.32. The fourth-order valence-corrected chi connectivity index (χ4v) is 3.51. The van der Waals surface area contributed by atoms with Gasteiger partial charge in [-0.3, -0.25) is 4.79 Å². The topological polar surface area (TPSA) is 61.0 Å². The first-order valence-corrected chi connectivity index (χ1v) is 7.24. The SMILES string of the molecule is O=C(N[C@@H]1C[C@@H]2CCN(C2)C1)c1ccc2[nH]cnc2c1. The lowest BCUT2D eigenvalue weighted by molar-refractivity contribution is 0.0909. The number of amides is 1. The van der Waals surface area contributed by atoms with Crippen molar-refractivity contribution in [2.45, 2.75) is 18.9 Å². The number of H-pyrrole nitrogens is 1. The second-order valence-electron chi connectivity index (χ2n) is 5.95. The quantitative estimate of drug-likeness (QED) is 0.867. The van der Waals surface area contributed by atoms with E-state index in [0.717, 1.165) is 29.9 Å². The molecule has 3 heterocycles. The Hall–Kier alpha value is -1.88. The fraction of sp³-hybridized carbons (Fsp3) is 0.467. The molecule has 4 rings (SSSR count). The van der Waals surface area contributed by atoms with Crippen molar-refractivity contribution in [2.24, 2.45) is 5.92 Å². The summed E-state index contributed by atoms with van der Waals surface area (Å²) in [4.78, 5) is 22.0. The van der Waals surface area contributed by atoms with Gasteiger partial charge in [-0.25, -0.2) is 4.98 Å². The number of hydrogen-bond donors (Lipinski definition) is 2. The molecular weight excluding hydrogens is 252 g/mol. The summed E-state index contributed by atoms with van der Waals surface area (Å²) in [5.41, 5.74) is 2.49. The molecule has 1 amide bonds. The molecule has 1 aromatic carbocycles. The summed E-state index contributed by atoms with van der Waals surface area (Å²) in [5, 5.41) is 3.17. The third kappa shape index (κ3) is 2.08. The monoisotopic (exact) mass is 270 g/mol. The van der Waals surface area contributed by atoms with Gasteiger partial charge in [0.25, 0.3) is 5.91 Å². The number of carbonyl (C=O) groups excluding carboxylic acids is 1. The molecule has 2 aliphatic heterocycles. The highest BCUT2D eigenvalue weighted by molar-refractivity contribution is 5.97. The van der Waals surface area contributed by atoms with Gasteiger partial charge in [0.05, 0.1) is 17.4 Å². The second-order valence-corrected chi connectivity index (χ2v) is 5.95. The van der Waals surface area contributed by atoms with Crippen molar-refractivity contribution in [3.05, 3.63) is 30.1 Å². The minimum atomic E-state index is 0.0161. The van der Waals surface area contributed by atoms with Crippen molar-refractivity contribution in [2.75, 3.05) is 19.6 Å². The third-order valence-corrected chi connectivity index (χ3v) is 4.49. The second kappa shape index (κ2) is 4.59. The summed E-state index contributed by atoms with van der Waals surface area (Å²) in [6.07, 6.45) is 4.05. The number of fused-ring (bicyclic) bond motifs is 3. The van der Waals surface area contributed by atoms with Gasteiger partial charge in [-0.1, -0.05) is 0 Å². The predicted octanol–water partition coefficient (Wildman–Crippen LogP) is 1.39. The van der Waals surface area contributed by atoms with E-state index in [2.05, 4.69) is 20.2 Å². The van der Waals surface area contributed by atoms with Gasteiger partial charge in [-0.15, -0.1) is 0 Å². The molecule has 5 nitrogen and oxygen atoms in total. The minimum absolute atomic E-state index is 0.0161. The molecule has 1 unspecified atom stereocenters. The van der Waals surface area contributed by atoms with E-state index in [1.807, 2.05) is 18.2 Å². The maximum atomic E-state index is 12.3. The summed E-state index contributed by atoms with van der Waals surface area (Å²) in [6, 6.07) is 5.90. The summed E-state index contributed by atoms with van der Waals surface area (Å²) >= 11 is 0. The van der Waals surface area contributed by atoms with Crippen LogP contribution in [0.2, 0.25) is 0 Å². The van der Waals surface area contributed by atoms with Crippen molar-refractivity contribution in [3.63, 3.8) is 0 Å². The van der Waals surface area contributed by atoms with Crippen LogP contribution < -0.4 is 5.32 Å². The number of hydrogen-bond acceptors (Lipinski definition) is 3. The first-order valence-electron chi connectivity index (χ1n) is 7.24. The van der Waals surface area contributed by atoms with Crippen LogP contribution in [-0.2, 0) is 0 Å². The van der Waals surface area contributed by atoms with Crippen molar-refractivity contribution in [1.82, 2.24) is 20.2 Å². The van der Waals surface area contributed by atoms with Crippen LogP contribution in [0, 0.1) is 5.92 Å². The molecule has 3 atom stereocenters. The molecule has 0 saturated carbocycles. The zero-order valence-electron chi connectivity index (χ0n) is 11.3. The van der Waals surface area contributed by atoms with E-state index in [1.54, 1.807) is 6.33 Å². The van der Waals surface area contributed by atoms with Gasteiger partial charge < -0.3 is 15.2 Å². The predicted molar refractivity (Wildman–Crippen MR) is 76.5 cm³/mol. The van der Waals surface area contributed by atoms with Crippen LogP contribution in [0.1, 0.15) is 23.2 Å². The van der Waals surface area contributed by atoms with Crippen molar-refractivity contribution < 1.29 is 4.79 Å². The van der Waals surface area contributed by atoms with Gasteiger partial charge in [0, 0.05) is 24.7 Å². The molecule has 0 aliphatic carbocycles. The maximum Gasteiger partial charge on any atom is 0.251 e.